The Balaban J connectivity index is 2.45. The third kappa shape index (κ3) is 2.84. The van der Waals surface area contributed by atoms with Crippen LogP contribution in [0.3, 0.4) is 0 Å². The molecule has 0 aromatic carbocycles. The van der Waals surface area contributed by atoms with Gasteiger partial charge in [0.1, 0.15) is 0 Å². The first-order chi connectivity index (χ1) is 5.91. The van der Waals surface area contributed by atoms with E-state index in [0.29, 0.717) is 25.9 Å². The number of halogens is 3. The van der Waals surface area contributed by atoms with E-state index in [4.69, 9.17) is 5.11 Å². The number of aliphatic hydroxyl groups excluding tert-OH is 1. The fourth-order valence-electron chi connectivity index (χ4n) is 1.61. The highest BCUT2D eigenvalue weighted by atomic mass is 19.4. The molecule has 1 heterocycles. The second kappa shape index (κ2) is 3.84. The molecule has 0 amide bonds. The third-order valence-corrected chi connectivity index (χ3v) is 2.55. The molecule has 1 fully saturated rings. The standard InChI is InChI=1S/C8H14F3NO/c1-12-4-2-6(3-5-12)7(13)8(9,10)11/h6-7,13H,2-5H2,1H3/t7-/m0/s1. The van der Waals surface area contributed by atoms with Gasteiger partial charge in [0.05, 0.1) is 0 Å². The van der Waals surface area contributed by atoms with Gasteiger partial charge in [-0.3, -0.25) is 0 Å². The van der Waals surface area contributed by atoms with Crippen molar-refractivity contribution in [3.8, 4) is 0 Å². The molecule has 2 nitrogen and oxygen atoms in total. The highest BCUT2D eigenvalue weighted by molar-refractivity contribution is 4.80. The first kappa shape index (κ1) is 10.8. The van der Waals surface area contributed by atoms with E-state index in [1.165, 1.54) is 0 Å². The number of piperidine rings is 1. The minimum absolute atomic E-state index is 0.428. The van der Waals surface area contributed by atoms with Gasteiger partial charge in [0.25, 0.3) is 0 Å². The van der Waals surface area contributed by atoms with Crippen molar-refractivity contribution in [3.63, 3.8) is 0 Å². The number of likely N-dealkylation sites (tertiary alicyclic amines) is 1. The zero-order valence-corrected chi connectivity index (χ0v) is 7.51. The third-order valence-electron chi connectivity index (χ3n) is 2.55. The fraction of sp³-hybridized carbons (Fsp3) is 1.00. The second-order valence-corrected chi connectivity index (χ2v) is 3.63. The monoisotopic (exact) mass is 197 g/mol. The van der Waals surface area contributed by atoms with Crippen molar-refractivity contribution in [3.05, 3.63) is 0 Å². The average molecular weight is 197 g/mol. The Morgan fingerprint density at radius 2 is 1.77 bits per heavy atom. The molecule has 13 heavy (non-hydrogen) atoms. The van der Waals surface area contributed by atoms with Gasteiger partial charge in [-0.15, -0.1) is 0 Å². The van der Waals surface area contributed by atoms with Crippen molar-refractivity contribution in [1.29, 1.82) is 0 Å². The lowest BCUT2D eigenvalue weighted by Crippen LogP contribution is -2.42. The van der Waals surface area contributed by atoms with E-state index in [-0.39, 0.29) is 0 Å². The van der Waals surface area contributed by atoms with Gasteiger partial charge in [-0.25, -0.2) is 0 Å². The number of hydrogen-bond acceptors (Lipinski definition) is 2. The molecule has 0 spiro atoms. The Kier molecular flexibility index (Phi) is 3.18. The highest BCUT2D eigenvalue weighted by Crippen LogP contribution is 2.31. The molecule has 0 unspecified atom stereocenters. The molecule has 1 N–H and O–H groups in total. The molecule has 1 aliphatic rings. The summed E-state index contributed by atoms with van der Waals surface area (Å²) in [4.78, 5) is 1.97. The van der Waals surface area contributed by atoms with E-state index in [9.17, 15) is 13.2 Å². The van der Waals surface area contributed by atoms with Gasteiger partial charge >= 0.3 is 6.18 Å². The number of hydrogen-bond donors (Lipinski definition) is 1. The molecular weight excluding hydrogens is 183 g/mol. The minimum atomic E-state index is -4.46. The van der Waals surface area contributed by atoms with Gasteiger partial charge in [0.2, 0.25) is 0 Å². The normalized spacial score (nSPS) is 24.7. The Bertz CT molecular complexity index is 163. The zero-order chi connectivity index (χ0) is 10.1. The van der Waals surface area contributed by atoms with Crippen molar-refractivity contribution in [2.45, 2.75) is 25.1 Å². The van der Waals surface area contributed by atoms with Gasteiger partial charge < -0.3 is 10.0 Å². The van der Waals surface area contributed by atoms with Gasteiger partial charge in [0, 0.05) is 0 Å². The number of alkyl halides is 3. The highest BCUT2D eigenvalue weighted by Gasteiger charge is 2.43. The smallest absolute Gasteiger partial charge is 0.383 e. The first-order valence-corrected chi connectivity index (χ1v) is 4.34. The Morgan fingerprint density at radius 3 is 2.15 bits per heavy atom. The zero-order valence-electron chi connectivity index (χ0n) is 7.51. The van der Waals surface area contributed by atoms with Crippen molar-refractivity contribution < 1.29 is 18.3 Å². The molecule has 1 aliphatic heterocycles. The van der Waals surface area contributed by atoms with Crippen LogP contribution in [0.4, 0.5) is 13.2 Å². The lowest BCUT2D eigenvalue weighted by Gasteiger charge is -2.32. The van der Waals surface area contributed by atoms with Crippen LogP contribution in [-0.2, 0) is 0 Å². The summed E-state index contributed by atoms with van der Waals surface area (Å²) >= 11 is 0. The topological polar surface area (TPSA) is 23.5 Å². The van der Waals surface area contributed by atoms with E-state index >= 15 is 0 Å². The lowest BCUT2D eigenvalue weighted by molar-refractivity contribution is -0.222. The van der Waals surface area contributed by atoms with E-state index in [0.717, 1.165) is 0 Å². The maximum absolute atomic E-state index is 12.1. The molecule has 0 radical (unpaired) electrons. The van der Waals surface area contributed by atoms with Crippen LogP contribution in [0.2, 0.25) is 0 Å². The predicted molar refractivity (Wildman–Crippen MR) is 42.3 cm³/mol. The summed E-state index contributed by atoms with van der Waals surface area (Å²) in [5, 5.41) is 8.95. The number of rotatable bonds is 1. The molecule has 78 valence electrons. The van der Waals surface area contributed by atoms with Crippen molar-refractivity contribution in [1.82, 2.24) is 4.90 Å². The van der Waals surface area contributed by atoms with Gasteiger partial charge in [-0.1, -0.05) is 0 Å². The van der Waals surface area contributed by atoms with Crippen LogP contribution < -0.4 is 0 Å². The summed E-state index contributed by atoms with van der Waals surface area (Å²) in [6.45, 7) is 1.27. The van der Waals surface area contributed by atoms with E-state index < -0.39 is 18.2 Å². The lowest BCUT2D eigenvalue weighted by atomic mass is 9.91. The quantitative estimate of drug-likeness (QED) is 0.684. The number of nitrogens with zero attached hydrogens (tertiary/aromatic N) is 1. The summed E-state index contributed by atoms with van der Waals surface area (Å²) in [7, 11) is 1.87. The van der Waals surface area contributed by atoms with Crippen molar-refractivity contribution in [2.24, 2.45) is 5.92 Å². The summed E-state index contributed by atoms with van der Waals surface area (Å²) in [6.07, 6.45) is -5.74. The van der Waals surface area contributed by atoms with Crippen molar-refractivity contribution >= 4 is 0 Å². The average Bonchev–Trinajstić information content (AvgIpc) is 2.03. The summed E-state index contributed by atoms with van der Waals surface area (Å²) < 4.78 is 36.2. The SMILES string of the molecule is CN1CCC([C@H](O)C(F)(F)F)CC1. The molecule has 0 aromatic rings. The maximum Gasteiger partial charge on any atom is 0.414 e. The summed E-state index contributed by atoms with van der Waals surface area (Å²) in [5.74, 6) is -0.615. The molecule has 1 atom stereocenters. The predicted octanol–water partition coefficient (Wildman–Crippen LogP) is 1.25. The van der Waals surface area contributed by atoms with Crippen molar-refractivity contribution in [2.75, 3.05) is 20.1 Å². The van der Waals surface area contributed by atoms with Crippen LogP contribution in [0.25, 0.3) is 0 Å². The molecular formula is C8H14F3NO. The Hall–Kier alpha value is -0.290. The Labute approximate surface area is 75.3 Å². The van der Waals surface area contributed by atoms with Crippen LogP contribution in [0.1, 0.15) is 12.8 Å². The fourth-order valence-corrected chi connectivity index (χ4v) is 1.61. The van der Waals surface area contributed by atoms with Crippen LogP contribution in [0, 0.1) is 5.92 Å². The van der Waals surface area contributed by atoms with Crippen LogP contribution in [-0.4, -0.2) is 42.4 Å². The summed E-state index contributed by atoms with van der Waals surface area (Å²) in [5.41, 5.74) is 0. The van der Waals surface area contributed by atoms with Gasteiger partial charge in [-0.2, -0.15) is 13.2 Å². The molecule has 1 saturated heterocycles. The molecule has 0 bridgehead atoms. The molecule has 0 saturated carbocycles. The molecule has 5 heteroatoms. The molecule has 1 rings (SSSR count). The van der Waals surface area contributed by atoms with Gasteiger partial charge in [-0.05, 0) is 38.9 Å². The van der Waals surface area contributed by atoms with E-state index in [1.54, 1.807) is 0 Å². The summed E-state index contributed by atoms with van der Waals surface area (Å²) in [6, 6.07) is 0. The maximum atomic E-state index is 12.1. The first-order valence-electron chi connectivity index (χ1n) is 4.34. The molecule has 0 aliphatic carbocycles. The largest absolute Gasteiger partial charge is 0.414 e. The van der Waals surface area contributed by atoms with E-state index in [1.807, 2.05) is 11.9 Å². The Morgan fingerprint density at radius 1 is 1.31 bits per heavy atom. The number of aliphatic hydroxyl groups is 1. The second-order valence-electron chi connectivity index (χ2n) is 3.63. The van der Waals surface area contributed by atoms with Crippen LogP contribution in [0.5, 0.6) is 0 Å². The van der Waals surface area contributed by atoms with Crippen LogP contribution in [0.15, 0.2) is 0 Å². The van der Waals surface area contributed by atoms with Gasteiger partial charge in [0.15, 0.2) is 6.10 Å². The van der Waals surface area contributed by atoms with E-state index in [2.05, 4.69) is 0 Å². The minimum Gasteiger partial charge on any atom is -0.383 e. The molecule has 0 aromatic heterocycles. The van der Waals surface area contributed by atoms with Crippen LogP contribution >= 0.6 is 0 Å².